The first-order valence-corrected chi connectivity index (χ1v) is 10.2. The minimum absolute atomic E-state index is 0.602. The van der Waals surface area contributed by atoms with Crippen LogP contribution in [-0.4, -0.2) is 23.5 Å². The number of hydrogen-bond donors (Lipinski definition) is 0. The number of aromatic nitrogens is 1. The molecule has 2 nitrogen and oxygen atoms in total. The van der Waals surface area contributed by atoms with Gasteiger partial charge in [-0.15, -0.1) is 0 Å². The second kappa shape index (κ2) is 10.6. The molecule has 0 aliphatic heterocycles. The molecule has 1 heterocycles. The van der Waals surface area contributed by atoms with Crippen molar-refractivity contribution in [1.29, 1.82) is 0 Å². The summed E-state index contributed by atoms with van der Waals surface area (Å²) in [5.41, 5.74) is 8.31. The molecular weight excluding hydrogens is 352 g/mol. The quantitative estimate of drug-likeness (QED) is 0.346. The summed E-state index contributed by atoms with van der Waals surface area (Å²) in [6.45, 7) is 17.6. The lowest BCUT2D eigenvalue weighted by molar-refractivity contribution is 0.391. The fourth-order valence-electron chi connectivity index (χ4n) is 3.37. The van der Waals surface area contributed by atoms with E-state index in [0.717, 1.165) is 29.7 Å². The van der Waals surface area contributed by atoms with E-state index in [2.05, 4.69) is 94.3 Å². The van der Waals surface area contributed by atoms with Crippen LogP contribution in [0.3, 0.4) is 0 Å². The van der Waals surface area contributed by atoms with Gasteiger partial charge in [0.25, 0.3) is 0 Å². The highest BCUT2D eigenvalue weighted by Gasteiger charge is 2.07. The maximum Gasteiger partial charge on any atom is 0.0347 e. The Hall–Kier alpha value is -2.87. The van der Waals surface area contributed by atoms with Gasteiger partial charge in [0.2, 0.25) is 0 Å². The predicted octanol–water partition coefficient (Wildman–Crippen LogP) is 6.85. The summed E-state index contributed by atoms with van der Waals surface area (Å²) >= 11 is 0. The molecule has 0 fully saturated rings. The summed E-state index contributed by atoms with van der Waals surface area (Å²) in [6.07, 6.45) is 12.8. The van der Waals surface area contributed by atoms with E-state index in [-0.39, 0.29) is 0 Å². The zero-order valence-electron chi connectivity index (χ0n) is 18.6. The van der Waals surface area contributed by atoms with Crippen molar-refractivity contribution in [3.63, 3.8) is 0 Å². The van der Waals surface area contributed by atoms with Crippen molar-refractivity contribution in [3.05, 3.63) is 96.5 Å². The van der Waals surface area contributed by atoms with Gasteiger partial charge in [0.15, 0.2) is 0 Å². The molecule has 1 aromatic carbocycles. The first kappa shape index (κ1) is 22.4. The molecule has 0 unspecified atom stereocenters. The zero-order valence-corrected chi connectivity index (χ0v) is 18.6. The molecule has 0 atom stereocenters. The number of rotatable bonds is 9. The minimum Gasteiger partial charge on any atom is -0.380 e. The molecule has 0 aliphatic rings. The molecule has 0 saturated carbocycles. The van der Waals surface area contributed by atoms with Crippen molar-refractivity contribution >= 4 is 5.57 Å². The van der Waals surface area contributed by atoms with Gasteiger partial charge in [-0.3, -0.25) is 4.98 Å². The Bertz CT molecular complexity index is 916. The first-order chi connectivity index (χ1) is 13.8. The Kier molecular flexibility index (Phi) is 8.21. The number of allylic oxidation sites excluding steroid dienone is 5. The number of aryl methyl sites for hydroxylation is 1. The Balaban J connectivity index is 2.44. The van der Waals surface area contributed by atoms with Crippen molar-refractivity contribution in [2.45, 2.75) is 34.1 Å². The fourth-order valence-corrected chi connectivity index (χ4v) is 3.37. The molecule has 0 saturated heterocycles. The highest BCUT2D eigenvalue weighted by atomic mass is 15.1. The molecule has 0 amide bonds. The largest absolute Gasteiger partial charge is 0.380 e. The molecule has 152 valence electrons. The number of pyridine rings is 1. The molecule has 0 N–H and O–H groups in total. The number of nitrogens with zero attached hydrogens (tertiary/aromatic N) is 2. The Morgan fingerprint density at radius 2 is 1.93 bits per heavy atom. The van der Waals surface area contributed by atoms with Gasteiger partial charge < -0.3 is 4.90 Å². The Morgan fingerprint density at radius 3 is 2.59 bits per heavy atom. The van der Waals surface area contributed by atoms with Crippen LogP contribution in [0.4, 0.5) is 0 Å². The van der Waals surface area contributed by atoms with E-state index in [0.29, 0.717) is 5.92 Å². The zero-order chi connectivity index (χ0) is 21.4. The normalized spacial score (nSPS) is 11.9. The van der Waals surface area contributed by atoms with E-state index in [4.69, 9.17) is 0 Å². The molecular formula is C27H34N2. The maximum absolute atomic E-state index is 4.53. The second-order valence-corrected chi connectivity index (χ2v) is 8.25. The van der Waals surface area contributed by atoms with Gasteiger partial charge >= 0.3 is 0 Å². The van der Waals surface area contributed by atoms with Crippen LogP contribution in [0.25, 0.3) is 16.7 Å². The molecule has 0 spiro atoms. The van der Waals surface area contributed by atoms with Crippen LogP contribution in [0.5, 0.6) is 0 Å². The minimum atomic E-state index is 0.602. The predicted molar refractivity (Wildman–Crippen MR) is 128 cm³/mol. The second-order valence-electron chi connectivity index (χ2n) is 8.25. The van der Waals surface area contributed by atoms with E-state index >= 15 is 0 Å². The van der Waals surface area contributed by atoms with Crippen LogP contribution in [-0.2, 0) is 6.42 Å². The summed E-state index contributed by atoms with van der Waals surface area (Å²) in [5.74, 6) is 0.602. The SMILES string of the molecule is C=C/C=C\C(=C/N(C)CC(C)C)c1cncc(-c2ccc(C)c(CC(=C)C)c2)c1. The first-order valence-electron chi connectivity index (χ1n) is 10.2. The third-order valence-electron chi connectivity index (χ3n) is 4.67. The molecule has 2 aromatic rings. The van der Waals surface area contributed by atoms with Gasteiger partial charge in [-0.25, -0.2) is 0 Å². The van der Waals surface area contributed by atoms with Gasteiger partial charge in [0.05, 0.1) is 0 Å². The van der Waals surface area contributed by atoms with Crippen molar-refractivity contribution in [2.75, 3.05) is 13.6 Å². The summed E-state index contributed by atoms with van der Waals surface area (Å²) in [6, 6.07) is 8.83. The topological polar surface area (TPSA) is 16.1 Å². The standard InChI is InChI=1S/C27H34N2/c1-8-9-10-24(19-29(7)18-21(4)5)27-15-26(16-28-17-27)23-12-11-22(6)25(14-23)13-20(2)3/h8-12,14-17,19,21H,1-2,13,18H2,3-7H3/b10-9-,24-19+. The summed E-state index contributed by atoms with van der Waals surface area (Å²) in [5, 5.41) is 0. The molecule has 0 radical (unpaired) electrons. The van der Waals surface area contributed by atoms with Crippen LogP contribution in [0.2, 0.25) is 0 Å². The highest BCUT2D eigenvalue weighted by Crippen LogP contribution is 2.26. The van der Waals surface area contributed by atoms with E-state index in [1.165, 1.54) is 22.3 Å². The Morgan fingerprint density at radius 1 is 1.17 bits per heavy atom. The van der Waals surface area contributed by atoms with Crippen molar-refractivity contribution in [1.82, 2.24) is 9.88 Å². The molecule has 2 rings (SSSR count). The van der Waals surface area contributed by atoms with Gasteiger partial charge in [0.1, 0.15) is 0 Å². The molecule has 1 aromatic heterocycles. The average molecular weight is 387 g/mol. The van der Waals surface area contributed by atoms with Gasteiger partial charge in [0, 0.05) is 43.3 Å². The maximum atomic E-state index is 4.53. The molecule has 0 aliphatic carbocycles. The average Bonchev–Trinajstić information content (AvgIpc) is 2.66. The smallest absolute Gasteiger partial charge is 0.0347 e. The van der Waals surface area contributed by atoms with Crippen LogP contribution in [0, 0.1) is 12.8 Å². The van der Waals surface area contributed by atoms with Crippen LogP contribution in [0.1, 0.15) is 37.5 Å². The van der Waals surface area contributed by atoms with Crippen molar-refractivity contribution in [3.8, 4) is 11.1 Å². The van der Waals surface area contributed by atoms with Crippen molar-refractivity contribution in [2.24, 2.45) is 5.92 Å². The lowest BCUT2D eigenvalue weighted by Crippen LogP contribution is -2.17. The monoisotopic (exact) mass is 386 g/mol. The van der Waals surface area contributed by atoms with Gasteiger partial charge in [-0.2, -0.15) is 0 Å². The van der Waals surface area contributed by atoms with Crippen LogP contribution in [0.15, 0.2) is 79.8 Å². The van der Waals surface area contributed by atoms with Crippen LogP contribution < -0.4 is 0 Å². The van der Waals surface area contributed by atoms with E-state index in [9.17, 15) is 0 Å². The highest BCUT2D eigenvalue weighted by molar-refractivity contribution is 5.77. The third kappa shape index (κ3) is 6.90. The number of hydrogen-bond acceptors (Lipinski definition) is 2. The third-order valence-corrected chi connectivity index (χ3v) is 4.67. The van der Waals surface area contributed by atoms with E-state index < -0.39 is 0 Å². The van der Waals surface area contributed by atoms with Gasteiger partial charge in [-0.1, -0.05) is 69.0 Å². The van der Waals surface area contributed by atoms with Gasteiger partial charge in [-0.05, 0) is 54.5 Å². The molecule has 0 bridgehead atoms. The summed E-state index contributed by atoms with van der Waals surface area (Å²) in [7, 11) is 2.11. The van der Waals surface area contributed by atoms with Crippen LogP contribution >= 0.6 is 0 Å². The van der Waals surface area contributed by atoms with E-state index in [1.807, 2.05) is 18.5 Å². The molecule has 2 heteroatoms. The summed E-state index contributed by atoms with van der Waals surface area (Å²) in [4.78, 5) is 6.77. The van der Waals surface area contributed by atoms with E-state index in [1.54, 1.807) is 6.08 Å². The lowest BCUT2D eigenvalue weighted by atomic mass is 9.95. The summed E-state index contributed by atoms with van der Waals surface area (Å²) < 4.78 is 0. The lowest BCUT2D eigenvalue weighted by Gasteiger charge is -2.18. The molecule has 29 heavy (non-hydrogen) atoms. The fraction of sp³-hybridized carbons (Fsp3) is 0.296. The Labute approximate surface area is 177 Å². The van der Waals surface area contributed by atoms with Crippen molar-refractivity contribution < 1.29 is 0 Å². The number of benzene rings is 1.